The van der Waals surface area contributed by atoms with Gasteiger partial charge in [-0.2, -0.15) is 13.2 Å². The molecule has 19 heteroatoms. The Labute approximate surface area is 310 Å². The van der Waals surface area contributed by atoms with Crippen molar-refractivity contribution in [2.75, 3.05) is 31.6 Å². The zero-order valence-corrected chi connectivity index (χ0v) is 29.7. The Hall–Kier alpha value is -5.55. The van der Waals surface area contributed by atoms with Crippen LogP contribution in [-0.2, 0) is 25.4 Å². The maximum Gasteiger partial charge on any atom is 0.410 e. The number of morpholine rings is 1. The number of benzene rings is 3. The topological polar surface area (TPSA) is 155 Å². The molecule has 1 saturated heterocycles. The van der Waals surface area contributed by atoms with Gasteiger partial charge in [-0.1, -0.05) is 29.4 Å². The molecule has 0 aromatic heterocycles. The van der Waals surface area contributed by atoms with Crippen molar-refractivity contribution in [2.45, 2.75) is 69.5 Å². The van der Waals surface area contributed by atoms with Gasteiger partial charge >= 0.3 is 18.4 Å². The van der Waals surface area contributed by atoms with Gasteiger partial charge in [0.1, 0.15) is 36.4 Å². The number of amides is 3. The Kier molecular flexibility index (Phi) is 14.0. The Balaban J connectivity index is 1.53. The largest absolute Gasteiger partial charge is 0.447 e. The third kappa shape index (κ3) is 12.2. The summed E-state index contributed by atoms with van der Waals surface area (Å²) in [5.41, 5.74) is 8.46. The van der Waals surface area contributed by atoms with Crippen molar-refractivity contribution in [1.29, 1.82) is 0 Å². The molecule has 12 nitrogen and oxygen atoms in total. The predicted molar refractivity (Wildman–Crippen MR) is 183 cm³/mol. The third-order valence-electron chi connectivity index (χ3n) is 8.20. The molecule has 1 aliphatic rings. The summed E-state index contributed by atoms with van der Waals surface area (Å²) in [4.78, 5) is 42.8. The maximum absolute atomic E-state index is 15.4. The molecule has 0 bridgehead atoms. The van der Waals surface area contributed by atoms with Crippen LogP contribution in [0.3, 0.4) is 0 Å². The number of azide groups is 1. The lowest BCUT2D eigenvalue weighted by Gasteiger charge is -2.39. The minimum atomic E-state index is -4.67. The lowest BCUT2D eigenvalue weighted by Crippen LogP contribution is -2.55. The van der Waals surface area contributed by atoms with E-state index in [2.05, 4.69) is 15.3 Å². The van der Waals surface area contributed by atoms with Gasteiger partial charge in [0, 0.05) is 22.1 Å². The number of hydrogen-bond donors (Lipinski definition) is 2. The van der Waals surface area contributed by atoms with Crippen molar-refractivity contribution in [2.24, 2.45) is 5.11 Å². The van der Waals surface area contributed by atoms with Crippen LogP contribution in [0.5, 0.6) is 0 Å². The molecule has 1 aliphatic heterocycles. The smallest absolute Gasteiger partial charge is 0.410 e. The van der Waals surface area contributed by atoms with Gasteiger partial charge in [0.05, 0.1) is 25.3 Å². The second-order valence-electron chi connectivity index (χ2n) is 13.5. The van der Waals surface area contributed by atoms with E-state index in [9.17, 15) is 46.3 Å². The second-order valence-corrected chi connectivity index (χ2v) is 13.5. The quantitative estimate of drug-likeness (QED) is 0.0824. The number of alkyl carbamates (subject to hydrolysis) is 1. The monoisotopic (exact) mass is 782 g/mol. The van der Waals surface area contributed by atoms with Gasteiger partial charge in [-0.25, -0.2) is 27.2 Å². The van der Waals surface area contributed by atoms with Crippen molar-refractivity contribution < 1.29 is 59.3 Å². The number of nitrogens with zero attached hydrogens (tertiary/aromatic N) is 4. The molecular formula is C36H37F7N6O6. The van der Waals surface area contributed by atoms with E-state index in [0.29, 0.717) is 0 Å². The number of halogens is 7. The van der Waals surface area contributed by atoms with E-state index in [1.54, 1.807) is 26.1 Å². The number of anilines is 1. The predicted octanol–water partition coefficient (Wildman–Crippen LogP) is 7.92. The number of hydrogen-bond acceptors (Lipinski definition) is 7. The molecule has 0 saturated carbocycles. The molecule has 0 spiro atoms. The molecule has 0 aliphatic carbocycles. The fourth-order valence-electron chi connectivity index (χ4n) is 5.74. The van der Waals surface area contributed by atoms with E-state index in [-0.39, 0.29) is 48.4 Å². The molecule has 4 atom stereocenters. The summed E-state index contributed by atoms with van der Waals surface area (Å²) in [6.45, 7) is 2.26. The van der Waals surface area contributed by atoms with Gasteiger partial charge in [0.2, 0.25) is 5.91 Å². The summed E-state index contributed by atoms with van der Waals surface area (Å²) in [6, 6.07) is 8.73. The second kappa shape index (κ2) is 18.2. The molecule has 55 heavy (non-hydrogen) atoms. The molecule has 296 valence electrons. The molecule has 1 unspecified atom stereocenters. The molecule has 1 fully saturated rings. The van der Waals surface area contributed by atoms with Crippen LogP contribution in [0.4, 0.5) is 46.0 Å². The normalized spacial score (nSPS) is 17.0. The average molecular weight is 783 g/mol. The van der Waals surface area contributed by atoms with Crippen LogP contribution in [0.25, 0.3) is 10.4 Å². The van der Waals surface area contributed by atoms with Gasteiger partial charge in [-0.05, 0) is 86.7 Å². The number of nitrogens with one attached hydrogen (secondary N) is 2. The zero-order chi connectivity index (χ0) is 40.5. The minimum absolute atomic E-state index is 0.0221. The van der Waals surface area contributed by atoms with Crippen LogP contribution in [0, 0.1) is 23.3 Å². The highest BCUT2D eigenvalue weighted by molar-refractivity contribution is 5.96. The van der Waals surface area contributed by atoms with Crippen molar-refractivity contribution >= 4 is 23.8 Å². The van der Waals surface area contributed by atoms with Crippen LogP contribution >= 0.6 is 0 Å². The number of carbonyl (C=O) groups is 3. The first-order valence-electron chi connectivity index (χ1n) is 16.8. The third-order valence-corrected chi connectivity index (χ3v) is 8.20. The molecule has 1 heterocycles. The highest BCUT2D eigenvalue weighted by Crippen LogP contribution is 2.33. The molecule has 2 N–H and O–H groups in total. The number of rotatable bonds is 12. The summed E-state index contributed by atoms with van der Waals surface area (Å²) in [5.74, 6) is -6.25. The lowest BCUT2D eigenvalue weighted by atomic mass is 9.84. The Morgan fingerprint density at radius 1 is 0.982 bits per heavy atom. The van der Waals surface area contributed by atoms with Gasteiger partial charge in [0.25, 0.3) is 0 Å². The van der Waals surface area contributed by atoms with E-state index in [1.807, 2.05) is 0 Å². The van der Waals surface area contributed by atoms with E-state index in [1.165, 1.54) is 29.2 Å². The highest BCUT2D eigenvalue weighted by Gasteiger charge is 2.37. The molecule has 0 radical (unpaired) electrons. The van der Waals surface area contributed by atoms with Gasteiger partial charge in [0.15, 0.2) is 11.6 Å². The van der Waals surface area contributed by atoms with Crippen LogP contribution < -0.4 is 10.6 Å². The van der Waals surface area contributed by atoms with Crippen molar-refractivity contribution in [1.82, 2.24) is 10.2 Å². The van der Waals surface area contributed by atoms with Gasteiger partial charge in [-0.15, -0.1) is 0 Å². The Bertz CT molecular complexity index is 1900. The van der Waals surface area contributed by atoms with Crippen molar-refractivity contribution in [3.05, 3.63) is 111 Å². The lowest BCUT2D eigenvalue weighted by molar-refractivity contribution is -0.124. The summed E-state index contributed by atoms with van der Waals surface area (Å²) in [7, 11) is 0. The van der Waals surface area contributed by atoms with Crippen molar-refractivity contribution in [3.63, 3.8) is 0 Å². The van der Waals surface area contributed by atoms with E-state index in [4.69, 9.17) is 14.2 Å². The Morgan fingerprint density at radius 2 is 1.69 bits per heavy atom. The molecule has 3 aromatic carbocycles. The average Bonchev–Trinajstić information content (AvgIpc) is 3.10. The summed E-state index contributed by atoms with van der Waals surface area (Å²) >= 11 is 0. The maximum atomic E-state index is 15.4. The molecule has 4 rings (SSSR count). The summed E-state index contributed by atoms with van der Waals surface area (Å²) in [5, 5.41) is 7.71. The number of ether oxygens (including phenoxy) is 3. The molecule has 3 amide bonds. The van der Waals surface area contributed by atoms with E-state index in [0.717, 1.165) is 36.4 Å². The Morgan fingerprint density at radius 3 is 2.35 bits per heavy atom. The number of alkyl halides is 3. The van der Waals surface area contributed by atoms with Crippen LogP contribution in [-0.4, -0.2) is 79.3 Å². The molecular weight excluding hydrogens is 745 g/mol. The standard InChI is InChI=1S/C36H37F7N6O6/c1-35(2,3)55-34(52)49-16-24(53-17-23(49)18-54-33(51)45-19-36(41,42)43)11-12-25-26(38)8-5-9-29(25)46-32(50)31(47-48-44)30(20-6-4-7-22(37)14-20)21-10-13-27(39)28(40)15-21/h4-10,13-15,23-24,30-31H,11-12,16-19H2,1-3H3,(H,45,51)(H,46,50)/t23-,24+,30+,31?/m0/s1. The van der Waals surface area contributed by atoms with Crippen LogP contribution in [0.1, 0.15) is 49.8 Å². The summed E-state index contributed by atoms with van der Waals surface area (Å²) < 4.78 is 112. The first-order chi connectivity index (χ1) is 25.8. The van der Waals surface area contributed by atoms with Crippen molar-refractivity contribution in [3.8, 4) is 0 Å². The zero-order valence-electron chi connectivity index (χ0n) is 29.7. The fourth-order valence-corrected chi connectivity index (χ4v) is 5.74. The SMILES string of the molecule is CC(C)(C)OC(=O)N1C[C@@H](CCc2c(F)cccc2NC(=O)C(N=[N+]=[N-])[C@H](c2cccc(F)c2)c2ccc(F)c(F)c2)OC[C@H]1COC(=O)NCC(F)(F)F. The van der Waals surface area contributed by atoms with Crippen LogP contribution in [0.2, 0.25) is 0 Å². The van der Waals surface area contributed by atoms with Gasteiger partial charge < -0.3 is 24.8 Å². The van der Waals surface area contributed by atoms with E-state index < -0.39 is 90.4 Å². The highest BCUT2D eigenvalue weighted by atomic mass is 19.4. The number of carbonyl (C=O) groups excluding carboxylic acids is 3. The first kappa shape index (κ1) is 42.2. The van der Waals surface area contributed by atoms with Crippen LogP contribution in [0.15, 0.2) is 65.8 Å². The fraction of sp³-hybridized carbons (Fsp3) is 0.417. The van der Waals surface area contributed by atoms with Gasteiger partial charge in [-0.3, -0.25) is 9.69 Å². The minimum Gasteiger partial charge on any atom is -0.447 e. The first-order valence-corrected chi connectivity index (χ1v) is 16.8. The summed E-state index contributed by atoms with van der Waals surface area (Å²) in [6.07, 6.45) is -7.70. The molecule has 3 aromatic rings. The van der Waals surface area contributed by atoms with E-state index >= 15 is 4.39 Å².